The van der Waals surface area contributed by atoms with Gasteiger partial charge in [0, 0.05) is 15.7 Å². The van der Waals surface area contributed by atoms with Crippen molar-refractivity contribution >= 4 is 27.5 Å². The summed E-state index contributed by atoms with van der Waals surface area (Å²) in [6.07, 6.45) is 0. The van der Waals surface area contributed by atoms with Crippen molar-refractivity contribution in [1.82, 2.24) is 14.8 Å². The Hall–Kier alpha value is -3.25. The molecule has 162 valence electrons. The standard InChI is InChI=1S/C26H25BrN4O/c1-16(2)22-15-20(27)10-13-23(22)28-26(32)24-29-25(19-7-5-6-18(4)14-19)31(30-24)21-11-8-17(3)9-12-21/h5-16H,1-4H3,(H,28,32). The summed E-state index contributed by atoms with van der Waals surface area (Å²) in [4.78, 5) is 17.8. The maximum Gasteiger partial charge on any atom is 0.295 e. The molecule has 0 aliphatic heterocycles. The molecule has 0 spiro atoms. The van der Waals surface area contributed by atoms with E-state index in [0.717, 1.165) is 38.1 Å². The molecule has 0 bridgehead atoms. The van der Waals surface area contributed by atoms with Crippen LogP contribution in [0.2, 0.25) is 0 Å². The van der Waals surface area contributed by atoms with E-state index in [1.807, 2.05) is 80.6 Å². The number of carbonyl (C=O) groups excluding carboxylic acids is 1. The number of hydrogen-bond donors (Lipinski definition) is 1. The van der Waals surface area contributed by atoms with Crippen LogP contribution in [0.1, 0.15) is 47.1 Å². The monoisotopic (exact) mass is 488 g/mol. The minimum Gasteiger partial charge on any atom is -0.319 e. The number of nitrogens with zero attached hydrogens (tertiary/aromatic N) is 3. The molecule has 0 aliphatic rings. The third kappa shape index (κ3) is 4.65. The van der Waals surface area contributed by atoms with Gasteiger partial charge >= 0.3 is 0 Å². The Kier molecular flexibility index (Phi) is 6.24. The number of anilines is 1. The number of aryl methyl sites for hydroxylation is 2. The molecule has 4 aromatic rings. The number of halogens is 1. The topological polar surface area (TPSA) is 59.8 Å². The van der Waals surface area contributed by atoms with Crippen LogP contribution in [-0.2, 0) is 0 Å². The molecule has 0 unspecified atom stereocenters. The fraction of sp³-hybridized carbons (Fsp3) is 0.192. The molecule has 0 atom stereocenters. The second-order valence-electron chi connectivity index (χ2n) is 8.22. The quantitative estimate of drug-likeness (QED) is 0.340. The highest BCUT2D eigenvalue weighted by Crippen LogP contribution is 2.28. The lowest BCUT2D eigenvalue weighted by atomic mass is 10.0. The van der Waals surface area contributed by atoms with E-state index < -0.39 is 0 Å². The maximum atomic E-state index is 13.2. The van der Waals surface area contributed by atoms with Gasteiger partial charge in [-0.3, -0.25) is 4.79 Å². The Balaban J connectivity index is 1.76. The molecule has 1 aromatic heterocycles. The molecule has 1 heterocycles. The molecule has 1 N–H and O–H groups in total. The zero-order valence-electron chi connectivity index (χ0n) is 18.6. The van der Waals surface area contributed by atoms with Gasteiger partial charge in [-0.2, -0.15) is 0 Å². The lowest BCUT2D eigenvalue weighted by Gasteiger charge is -2.13. The highest BCUT2D eigenvalue weighted by Gasteiger charge is 2.20. The Labute approximate surface area is 196 Å². The third-order valence-corrected chi connectivity index (χ3v) is 5.74. The maximum absolute atomic E-state index is 13.2. The molecule has 32 heavy (non-hydrogen) atoms. The van der Waals surface area contributed by atoms with Gasteiger partial charge in [-0.15, -0.1) is 5.10 Å². The van der Waals surface area contributed by atoms with E-state index in [1.165, 1.54) is 0 Å². The van der Waals surface area contributed by atoms with Gasteiger partial charge in [0.2, 0.25) is 5.82 Å². The lowest BCUT2D eigenvalue weighted by Crippen LogP contribution is -2.16. The molecule has 0 saturated carbocycles. The second kappa shape index (κ2) is 9.09. The Morgan fingerprint density at radius 2 is 1.72 bits per heavy atom. The summed E-state index contributed by atoms with van der Waals surface area (Å²) in [6, 6.07) is 21.9. The fourth-order valence-corrected chi connectivity index (χ4v) is 3.93. The summed E-state index contributed by atoms with van der Waals surface area (Å²) in [6.45, 7) is 8.26. The van der Waals surface area contributed by atoms with E-state index in [-0.39, 0.29) is 17.6 Å². The van der Waals surface area contributed by atoms with E-state index in [9.17, 15) is 4.79 Å². The number of amides is 1. The SMILES string of the molecule is Cc1ccc(-n2nc(C(=O)Nc3ccc(Br)cc3C(C)C)nc2-c2cccc(C)c2)cc1. The van der Waals surface area contributed by atoms with E-state index in [0.29, 0.717) is 5.82 Å². The minimum atomic E-state index is -0.339. The number of rotatable bonds is 5. The van der Waals surface area contributed by atoms with E-state index >= 15 is 0 Å². The van der Waals surface area contributed by atoms with Gasteiger partial charge in [0.1, 0.15) is 0 Å². The Bertz CT molecular complexity index is 1280. The normalized spacial score (nSPS) is 11.1. The third-order valence-electron chi connectivity index (χ3n) is 5.25. The Morgan fingerprint density at radius 1 is 0.969 bits per heavy atom. The summed E-state index contributed by atoms with van der Waals surface area (Å²) in [5.74, 6) is 0.667. The highest BCUT2D eigenvalue weighted by atomic mass is 79.9. The molecule has 0 aliphatic carbocycles. The molecular weight excluding hydrogens is 464 g/mol. The molecule has 5 nitrogen and oxygen atoms in total. The summed E-state index contributed by atoms with van der Waals surface area (Å²) in [5.41, 5.74) is 5.83. The molecule has 0 fully saturated rings. The summed E-state index contributed by atoms with van der Waals surface area (Å²) >= 11 is 3.51. The first-order valence-electron chi connectivity index (χ1n) is 10.5. The van der Waals surface area contributed by atoms with Crippen LogP contribution < -0.4 is 5.32 Å². The predicted molar refractivity (Wildman–Crippen MR) is 132 cm³/mol. The van der Waals surface area contributed by atoms with Crippen LogP contribution >= 0.6 is 15.9 Å². The van der Waals surface area contributed by atoms with Gasteiger partial charge in [-0.05, 0) is 61.7 Å². The van der Waals surface area contributed by atoms with Gasteiger partial charge in [0.15, 0.2) is 5.82 Å². The van der Waals surface area contributed by atoms with Crippen molar-refractivity contribution in [2.24, 2.45) is 0 Å². The van der Waals surface area contributed by atoms with Gasteiger partial charge in [-0.25, -0.2) is 9.67 Å². The van der Waals surface area contributed by atoms with E-state index in [4.69, 9.17) is 0 Å². The molecule has 4 rings (SSSR count). The molecular formula is C26H25BrN4O. The van der Waals surface area contributed by atoms with E-state index in [1.54, 1.807) is 4.68 Å². The molecule has 0 saturated heterocycles. The van der Waals surface area contributed by atoms with Crippen molar-refractivity contribution in [1.29, 1.82) is 0 Å². The molecule has 0 radical (unpaired) electrons. The Morgan fingerprint density at radius 3 is 2.41 bits per heavy atom. The zero-order chi connectivity index (χ0) is 22.8. The van der Waals surface area contributed by atoms with Crippen LogP contribution in [-0.4, -0.2) is 20.7 Å². The van der Waals surface area contributed by atoms with Crippen LogP contribution in [0.5, 0.6) is 0 Å². The molecule has 1 amide bonds. The number of carbonyl (C=O) groups is 1. The van der Waals surface area contributed by atoms with Gasteiger partial charge in [0.25, 0.3) is 5.91 Å². The lowest BCUT2D eigenvalue weighted by molar-refractivity contribution is 0.101. The summed E-state index contributed by atoms with van der Waals surface area (Å²) in [5, 5.41) is 7.59. The number of benzene rings is 3. The van der Waals surface area contributed by atoms with Crippen LogP contribution in [0.15, 0.2) is 71.2 Å². The number of nitrogens with one attached hydrogen (secondary N) is 1. The van der Waals surface area contributed by atoms with Crippen LogP contribution in [0.25, 0.3) is 17.1 Å². The van der Waals surface area contributed by atoms with Gasteiger partial charge in [0.05, 0.1) is 5.69 Å². The molecule has 3 aromatic carbocycles. The van der Waals surface area contributed by atoms with Crippen molar-refractivity contribution in [3.05, 3.63) is 93.7 Å². The van der Waals surface area contributed by atoms with Gasteiger partial charge < -0.3 is 5.32 Å². The predicted octanol–water partition coefficient (Wildman–Crippen LogP) is 6.69. The van der Waals surface area contributed by atoms with Crippen molar-refractivity contribution < 1.29 is 4.79 Å². The van der Waals surface area contributed by atoms with Crippen LogP contribution in [0.4, 0.5) is 5.69 Å². The average molecular weight is 489 g/mol. The van der Waals surface area contributed by atoms with Crippen LogP contribution in [0.3, 0.4) is 0 Å². The number of aromatic nitrogens is 3. The largest absolute Gasteiger partial charge is 0.319 e. The van der Waals surface area contributed by atoms with Crippen molar-refractivity contribution in [3.8, 4) is 17.1 Å². The average Bonchev–Trinajstić information content (AvgIpc) is 3.21. The van der Waals surface area contributed by atoms with Crippen molar-refractivity contribution in [3.63, 3.8) is 0 Å². The van der Waals surface area contributed by atoms with Crippen molar-refractivity contribution in [2.75, 3.05) is 5.32 Å². The zero-order valence-corrected chi connectivity index (χ0v) is 20.1. The summed E-state index contributed by atoms with van der Waals surface area (Å²) < 4.78 is 2.70. The second-order valence-corrected chi connectivity index (χ2v) is 9.13. The van der Waals surface area contributed by atoms with Crippen molar-refractivity contribution in [2.45, 2.75) is 33.6 Å². The van der Waals surface area contributed by atoms with Crippen LogP contribution in [0, 0.1) is 13.8 Å². The first-order chi connectivity index (χ1) is 15.3. The smallest absolute Gasteiger partial charge is 0.295 e. The highest BCUT2D eigenvalue weighted by molar-refractivity contribution is 9.10. The van der Waals surface area contributed by atoms with E-state index in [2.05, 4.69) is 45.2 Å². The minimum absolute atomic E-state index is 0.125. The first-order valence-corrected chi connectivity index (χ1v) is 11.3. The first kappa shape index (κ1) is 22.0. The van der Waals surface area contributed by atoms with Gasteiger partial charge in [-0.1, -0.05) is 71.2 Å². The number of hydrogen-bond acceptors (Lipinski definition) is 3. The summed E-state index contributed by atoms with van der Waals surface area (Å²) in [7, 11) is 0. The fourth-order valence-electron chi connectivity index (χ4n) is 3.55. The molecule has 6 heteroatoms.